The Hall–Kier alpha value is -2.95. The Bertz CT molecular complexity index is 1040. The fourth-order valence-corrected chi connectivity index (χ4v) is 5.06. The lowest BCUT2D eigenvalue weighted by atomic mass is 9.98. The summed E-state index contributed by atoms with van der Waals surface area (Å²) in [7, 11) is -3.74. The summed E-state index contributed by atoms with van der Waals surface area (Å²) in [4.78, 5) is 23.4. The molecule has 5 N–H and O–H groups in total. The average Bonchev–Trinajstić information content (AvgIpc) is 3.10. The van der Waals surface area contributed by atoms with Gasteiger partial charge in [0.05, 0.1) is 5.75 Å². The predicted octanol–water partition coefficient (Wildman–Crippen LogP) is 2.03. The fourth-order valence-electron chi connectivity index (χ4n) is 3.98. The van der Waals surface area contributed by atoms with Crippen LogP contribution in [0.15, 0.2) is 48.5 Å². The maximum atomic E-state index is 12.2. The Morgan fingerprint density at radius 2 is 1.64 bits per heavy atom. The van der Waals surface area contributed by atoms with Crippen LogP contribution in [0.5, 0.6) is 0 Å². The van der Waals surface area contributed by atoms with Crippen molar-refractivity contribution in [3.05, 3.63) is 59.7 Å². The highest BCUT2D eigenvalue weighted by molar-refractivity contribution is 7.89. The van der Waals surface area contributed by atoms with Crippen LogP contribution < -0.4 is 15.8 Å². The van der Waals surface area contributed by atoms with Gasteiger partial charge in [-0.05, 0) is 41.5 Å². The minimum absolute atomic E-state index is 0.0268. The highest BCUT2D eigenvalue weighted by atomic mass is 32.2. The number of carbonyl (C=O) groups excluding carboxylic acids is 1. The molecule has 9 nitrogen and oxygen atoms in total. The highest BCUT2D eigenvalue weighted by Crippen LogP contribution is 2.44. The first-order valence-corrected chi connectivity index (χ1v) is 12.5. The van der Waals surface area contributed by atoms with E-state index in [1.54, 1.807) is 0 Å². The zero-order valence-corrected chi connectivity index (χ0v) is 19.0. The van der Waals surface area contributed by atoms with Gasteiger partial charge < -0.3 is 20.9 Å². The summed E-state index contributed by atoms with van der Waals surface area (Å²) in [6.45, 7) is 0.411. The summed E-state index contributed by atoms with van der Waals surface area (Å²) in [5.41, 5.74) is 9.78. The molecule has 33 heavy (non-hydrogen) atoms. The zero-order valence-electron chi connectivity index (χ0n) is 18.2. The van der Waals surface area contributed by atoms with Crippen molar-refractivity contribution in [3.8, 4) is 11.1 Å². The largest absolute Gasteiger partial charge is 0.480 e. The van der Waals surface area contributed by atoms with E-state index in [-0.39, 0.29) is 31.2 Å². The lowest BCUT2D eigenvalue weighted by molar-refractivity contribution is -0.139. The molecule has 0 aliphatic heterocycles. The van der Waals surface area contributed by atoms with Crippen molar-refractivity contribution in [2.45, 2.75) is 31.2 Å². The second-order valence-corrected chi connectivity index (χ2v) is 9.74. The number of hydrogen-bond acceptors (Lipinski definition) is 6. The number of unbranched alkanes of at least 4 members (excludes halogenated alkanes) is 1. The van der Waals surface area contributed by atoms with Crippen LogP contribution in [0.3, 0.4) is 0 Å². The lowest BCUT2D eigenvalue weighted by Crippen LogP contribution is -2.42. The van der Waals surface area contributed by atoms with Crippen molar-refractivity contribution >= 4 is 22.1 Å². The van der Waals surface area contributed by atoms with Crippen LogP contribution in [-0.2, 0) is 19.6 Å². The van der Waals surface area contributed by atoms with Gasteiger partial charge in [0.1, 0.15) is 12.6 Å². The normalized spacial score (nSPS) is 13.7. The van der Waals surface area contributed by atoms with Crippen molar-refractivity contribution in [1.29, 1.82) is 0 Å². The summed E-state index contributed by atoms with van der Waals surface area (Å²) in [5.74, 6) is -1.61. The third-order valence-electron chi connectivity index (χ3n) is 5.54. The van der Waals surface area contributed by atoms with Gasteiger partial charge in [0, 0.05) is 19.0 Å². The average molecular weight is 476 g/mol. The quantitative estimate of drug-likeness (QED) is 0.343. The van der Waals surface area contributed by atoms with Gasteiger partial charge in [-0.3, -0.25) is 4.79 Å². The molecule has 0 saturated heterocycles. The van der Waals surface area contributed by atoms with E-state index in [1.165, 1.54) is 0 Å². The number of carbonyl (C=O) groups is 2. The lowest BCUT2D eigenvalue weighted by Gasteiger charge is -2.15. The first-order chi connectivity index (χ1) is 15.8. The number of carboxylic acids is 1. The Labute approximate surface area is 193 Å². The Kier molecular flexibility index (Phi) is 8.43. The van der Waals surface area contributed by atoms with Crippen molar-refractivity contribution in [2.24, 2.45) is 5.73 Å². The van der Waals surface area contributed by atoms with E-state index in [0.717, 1.165) is 22.3 Å². The zero-order chi connectivity index (χ0) is 23.8. The molecule has 10 heteroatoms. The van der Waals surface area contributed by atoms with E-state index in [2.05, 4.69) is 22.2 Å². The number of carboxylic acid groups (broad SMARTS) is 1. The molecule has 0 saturated carbocycles. The monoisotopic (exact) mass is 475 g/mol. The summed E-state index contributed by atoms with van der Waals surface area (Å²) < 4.78 is 31.1. The number of fused-ring (bicyclic) bond motifs is 3. The van der Waals surface area contributed by atoms with Crippen molar-refractivity contribution in [3.63, 3.8) is 0 Å². The number of amides is 1. The van der Waals surface area contributed by atoms with Gasteiger partial charge >= 0.3 is 12.1 Å². The molecular formula is C23H29N3O6S. The standard InChI is InChI=1S/C23H29N3O6S/c24-12-14-33(30,31)26-21(22(27)28)11-5-6-13-25-23(29)32-15-20-18-9-3-1-7-16(18)17-8-2-4-10-19(17)20/h1-4,7-10,20-21,26H,5-6,11-15,24H2,(H,25,29)(H,27,28)/t21-/m0/s1. The molecular weight excluding hydrogens is 446 g/mol. The Morgan fingerprint density at radius 3 is 2.21 bits per heavy atom. The van der Waals surface area contributed by atoms with Crippen LogP contribution in [0.4, 0.5) is 4.79 Å². The number of sulfonamides is 1. The van der Waals surface area contributed by atoms with Crippen LogP contribution in [-0.4, -0.2) is 57.1 Å². The van der Waals surface area contributed by atoms with E-state index in [1.807, 2.05) is 36.4 Å². The number of rotatable bonds is 12. The van der Waals surface area contributed by atoms with Crippen molar-refractivity contribution in [2.75, 3.05) is 25.4 Å². The summed E-state index contributed by atoms with van der Waals surface area (Å²) >= 11 is 0. The van der Waals surface area contributed by atoms with E-state index in [4.69, 9.17) is 10.5 Å². The molecule has 3 rings (SSSR count). The molecule has 1 aliphatic carbocycles. The van der Waals surface area contributed by atoms with Gasteiger partial charge in [-0.2, -0.15) is 0 Å². The molecule has 1 atom stereocenters. The minimum Gasteiger partial charge on any atom is -0.480 e. The van der Waals surface area contributed by atoms with Gasteiger partial charge in [0.25, 0.3) is 0 Å². The first kappa shape index (κ1) is 24.7. The van der Waals surface area contributed by atoms with E-state index < -0.39 is 28.1 Å². The summed E-state index contributed by atoms with van der Waals surface area (Å²) in [5, 5.41) is 11.9. The van der Waals surface area contributed by atoms with Crippen LogP contribution >= 0.6 is 0 Å². The molecule has 1 amide bonds. The second-order valence-electron chi connectivity index (χ2n) is 7.86. The molecule has 0 heterocycles. The van der Waals surface area contributed by atoms with E-state index >= 15 is 0 Å². The SMILES string of the molecule is NCCS(=O)(=O)N[C@@H](CCCCNC(=O)OCC1c2ccccc2-c2ccccc21)C(=O)O. The molecule has 2 aromatic rings. The van der Waals surface area contributed by atoms with Gasteiger partial charge in [0.2, 0.25) is 10.0 Å². The molecule has 0 unspecified atom stereocenters. The summed E-state index contributed by atoms with van der Waals surface area (Å²) in [6.07, 6.45) is 0.444. The van der Waals surface area contributed by atoms with Gasteiger partial charge in [-0.1, -0.05) is 48.5 Å². The molecule has 2 aromatic carbocycles. The number of ether oxygens (including phenoxy) is 1. The minimum atomic E-state index is -3.74. The van der Waals surface area contributed by atoms with E-state index in [0.29, 0.717) is 19.4 Å². The maximum absolute atomic E-state index is 12.2. The second kappa shape index (κ2) is 11.3. The molecule has 0 bridgehead atoms. The third-order valence-corrected chi connectivity index (χ3v) is 6.96. The summed E-state index contributed by atoms with van der Waals surface area (Å²) in [6, 6.07) is 14.9. The molecule has 0 aromatic heterocycles. The van der Waals surface area contributed by atoms with Crippen LogP contribution in [0.25, 0.3) is 11.1 Å². The Balaban J connectivity index is 1.42. The van der Waals surface area contributed by atoms with Crippen LogP contribution in [0.1, 0.15) is 36.3 Å². The number of hydrogen-bond donors (Lipinski definition) is 4. The van der Waals surface area contributed by atoms with Gasteiger partial charge in [0.15, 0.2) is 0 Å². The number of aliphatic carboxylic acids is 1. The molecule has 0 spiro atoms. The molecule has 178 valence electrons. The van der Waals surface area contributed by atoms with Crippen molar-refractivity contribution in [1.82, 2.24) is 10.0 Å². The van der Waals surface area contributed by atoms with E-state index in [9.17, 15) is 23.1 Å². The topological polar surface area (TPSA) is 148 Å². The Morgan fingerprint density at radius 1 is 1.03 bits per heavy atom. The number of nitrogens with two attached hydrogens (primary N) is 1. The van der Waals surface area contributed by atoms with Crippen LogP contribution in [0, 0.1) is 0 Å². The third kappa shape index (κ3) is 6.53. The fraction of sp³-hybridized carbons (Fsp3) is 0.391. The number of alkyl carbamates (subject to hydrolysis) is 1. The smallest absolute Gasteiger partial charge is 0.407 e. The first-order valence-electron chi connectivity index (χ1n) is 10.8. The van der Waals surface area contributed by atoms with Gasteiger partial charge in [-0.15, -0.1) is 0 Å². The van der Waals surface area contributed by atoms with Crippen LogP contribution in [0.2, 0.25) is 0 Å². The van der Waals surface area contributed by atoms with Crippen molar-refractivity contribution < 1.29 is 27.9 Å². The number of nitrogens with one attached hydrogen (secondary N) is 2. The maximum Gasteiger partial charge on any atom is 0.407 e. The predicted molar refractivity (Wildman–Crippen MR) is 124 cm³/mol. The highest BCUT2D eigenvalue weighted by Gasteiger charge is 2.29. The molecule has 0 fully saturated rings. The molecule has 0 radical (unpaired) electrons. The van der Waals surface area contributed by atoms with Gasteiger partial charge in [-0.25, -0.2) is 17.9 Å². The number of benzene rings is 2. The molecule has 1 aliphatic rings.